The summed E-state index contributed by atoms with van der Waals surface area (Å²) in [6.07, 6.45) is -0.571. The van der Waals surface area contributed by atoms with Crippen molar-refractivity contribution in [2.75, 3.05) is 12.4 Å². The van der Waals surface area contributed by atoms with Gasteiger partial charge >= 0.3 is 6.09 Å². The molecule has 1 aromatic heterocycles. The quantitative estimate of drug-likeness (QED) is 0.876. The molecule has 6 heteroatoms. The Balaban J connectivity index is 1.93. The molecule has 1 N–H and O–H groups in total. The molecule has 1 aromatic carbocycles. The zero-order valence-corrected chi connectivity index (χ0v) is 11.6. The van der Waals surface area contributed by atoms with Crippen LogP contribution in [0.2, 0.25) is 5.15 Å². The summed E-state index contributed by atoms with van der Waals surface area (Å²) < 4.78 is 10.0. The normalized spacial score (nSPS) is 9.90. The Morgan fingerprint density at radius 3 is 2.75 bits per heavy atom. The van der Waals surface area contributed by atoms with Crippen LogP contribution >= 0.6 is 11.6 Å². The van der Waals surface area contributed by atoms with Gasteiger partial charge in [0.15, 0.2) is 0 Å². The molecular formula is C14H13ClN2O3. The summed E-state index contributed by atoms with van der Waals surface area (Å²) >= 11 is 5.80. The van der Waals surface area contributed by atoms with Gasteiger partial charge in [-0.05, 0) is 11.6 Å². The molecular weight excluding hydrogens is 280 g/mol. The second kappa shape index (κ2) is 6.77. The molecule has 0 fully saturated rings. The van der Waals surface area contributed by atoms with Crippen molar-refractivity contribution in [3.05, 3.63) is 53.2 Å². The van der Waals surface area contributed by atoms with Crippen LogP contribution in [0.5, 0.6) is 5.88 Å². The topological polar surface area (TPSA) is 60.5 Å². The van der Waals surface area contributed by atoms with Gasteiger partial charge < -0.3 is 9.47 Å². The molecule has 20 heavy (non-hydrogen) atoms. The highest BCUT2D eigenvalue weighted by Gasteiger charge is 2.07. The largest absolute Gasteiger partial charge is 0.481 e. The third-order valence-corrected chi connectivity index (χ3v) is 2.63. The molecule has 0 aliphatic carbocycles. The number of carbonyl (C=O) groups is 1. The molecule has 0 bridgehead atoms. The minimum absolute atomic E-state index is 0.197. The lowest BCUT2D eigenvalue weighted by Crippen LogP contribution is -2.13. The molecule has 2 aromatic rings. The van der Waals surface area contributed by atoms with Crippen LogP contribution in [0.4, 0.5) is 10.5 Å². The maximum absolute atomic E-state index is 11.7. The number of rotatable bonds is 4. The first kappa shape index (κ1) is 14.1. The summed E-state index contributed by atoms with van der Waals surface area (Å²) in [7, 11) is 1.47. The van der Waals surface area contributed by atoms with Crippen LogP contribution in [0.15, 0.2) is 42.5 Å². The molecule has 1 amide bonds. The highest BCUT2D eigenvalue weighted by Crippen LogP contribution is 2.20. The minimum atomic E-state index is -0.571. The number of methoxy groups -OCH3 is 1. The number of carbonyl (C=O) groups excluding carboxylic acids is 1. The molecule has 0 aliphatic heterocycles. The molecule has 0 spiro atoms. The molecule has 104 valence electrons. The Hall–Kier alpha value is -2.27. The number of anilines is 1. The van der Waals surface area contributed by atoms with Gasteiger partial charge in [-0.2, -0.15) is 0 Å². The van der Waals surface area contributed by atoms with Gasteiger partial charge in [0.1, 0.15) is 11.8 Å². The van der Waals surface area contributed by atoms with Crippen molar-refractivity contribution in [2.24, 2.45) is 0 Å². The predicted octanol–water partition coefficient (Wildman–Crippen LogP) is 3.49. The fraction of sp³-hybridized carbons (Fsp3) is 0.143. The zero-order chi connectivity index (χ0) is 14.4. The van der Waals surface area contributed by atoms with Crippen LogP contribution in [0.25, 0.3) is 0 Å². The first-order chi connectivity index (χ1) is 9.67. The number of hydrogen-bond donors (Lipinski definition) is 1. The third kappa shape index (κ3) is 4.13. The lowest BCUT2D eigenvalue weighted by atomic mass is 10.2. The lowest BCUT2D eigenvalue weighted by Gasteiger charge is -2.08. The van der Waals surface area contributed by atoms with E-state index in [9.17, 15) is 4.79 Å². The molecule has 0 saturated carbocycles. The van der Waals surface area contributed by atoms with Crippen LogP contribution in [0.3, 0.4) is 0 Å². The van der Waals surface area contributed by atoms with Crippen molar-refractivity contribution >= 4 is 23.4 Å². The molecule has 0 atom stereocenters. The van der Waals surface area contributed by atoms with Gasteiger partial charge in [-0.15, -0.1) is 0 Å². The average Bonchev–Trinajstić information content (AvgIpc) is 2.45. The molecule has 0 unspecified atom stereocenters. The molecule has 0 saturated heterocycles. The Bertz CT molecular complexity index is 590. The Morgan fingerprint density at radius 1 is 1.30 bits per heavy atom. The number of pyridine rings is 1. The summed E-state index contributed by atoms with van der Waals surface area (Å²) in [5.41, 5.74) is 1.37. The number of benzene rings is 1. The van der Waals surface area contributed by atoms with Crippen molar-refractivity contribution in [2.45, 2.75) is 6.61 Å². The minimum Gasteiger partial charge on any atom is -0.481 e. The van der Waals surface area contributed by atoms with E-state index in [4.69, 9.17) is 21.1 Å². The number of nitrogens with zero attached hydrogens (tertiary/aromatic N) is 1. The van der Waals surface area contributed by atoms with Crippen molar-refractivity contribution in [1.82, 2.24) is 4.98 Å². The fourth-order valence-electron chi connectivity index (χ4n) is 1.53. The van der Waals surface area contributed by atoms with E-state index in [0.29, 0.717) is 11.6 Å². The fourth-order valence-corrected chi connectivity index (χ4v) is 1.73. The lowest BCUT2D eigenvalue weighted by molar-refractivity contribution is 0.155. The van der Waals surface area contributed by atoms with Gasteiger partial charge in [0.2, 0.25) is 5.88 Å². The Kier molecular flexibility index (Phi) is 4.79. The van der Waals surface area contributed by atoms with Crippen LogP contribution in [-0.2, 0) is 11.3 Å². The number of amides is 1. The van der Waals surface area contributed by atoms with E-state index in [1.54, 1.807) is 6.07 Å². The molecule has 0 aliphatic rings. The smallest absolute Gasteiger partial charge is 0.411 e. The van der Waals surface area contributed by atoms with Gasteiger partial charge in [-0.1, -0.05) is 41.9 Å². The van der Waals surface area contributed by atoms with Crippen molar-refractivity contribution < 1.29 is 14.3 Å². The maximum Gasteiger partial charge on any atom is 0.411 e. The zero-order valence-electron chi connectivity index (χ0n) is 10.8. The van der Waals surface area contributed by atoms with E-state index < -0.39 is 6.09 Å². The van der Waals surface area contributed by atoms with Crippen LogP contribution in [0, 0.1) is 0 Å². The van der Waals surface area contributed by atoms with E-state index >= 15 is 0 Å². The van der Waals surface area contributed by atoms with Crippen molar-refractivity contribution in [3.8, 4) is 5.88 Å². The summed E-state index contributed by atoms with van der Waals surface area (Å²) in [5.74, 6) is 0.316. The first-order valence-electron chi connectivity index (χ1n) is 5.86. The van der Waals surface area contributed by atoms with Gasteiger partial charge in [-0.25, -0.2) is 9.78 Å². The second-order valence-electron chi connectivity index (χ2n) is 3.91. The van der Waals surface area contributed by atoms with E-state index in [0.717, 1.165) is 5.56 Å². The molecule has 2 rings (SSSR count). The van der Waals surface area contributed by atoms with E-state index in [2.05, 4.69) is 10.3 Å². The highest BCUT2D eigenvalue weighted by molar-refractivity contribution is 6.29. The van der Waals surface area contributed by atoms with Crippen LogP contribution in [-0.4, -0.2) is 18.2 Å². The monoisotopic (exact) mass is 292 g/mol. The average molecular weight is 293 g/mol. The number of aromatic nitrogens is 1. The SMILES string of the molecule is COc1cc(NC(=O)OCc2ccccc2)cc(Cl)n1. The molecule has 5 nitrogen and oxygen atoms in total. The Morgan fingerprint density at radius 2 is 2.05 bits per heavy atom. The first-order valence-corrected chi connectivity index (χ1v) is 6.24. The van der Waals surface area contributed by atoms with Crippen LogP contribution < -0.4 is 10.1 Å². The number of halogens is 1. The molecule has 1 heterocycles. The van der Waals surface area contributed by atoms with Gasteiger partial charge in [0, 0.05) is 6.07 Å². The summed E-state index contributed by atoms with van der Waals surface area (Å²) in [5, 5.41) is 2.79. The summed E-state index contributed by atoms with van der Waals surface area (Å²) in [4.78, 5) is 15.6. The number of hydrogen-bond acceptors (Lipinski definition) is 4. The highest BCUT2D eigenvalue weighted by atomic mass is 35.5. The molecule has 0 radical (unpaired) electrons. The van der Waals surface area contributed by atoms with E-state index in [1.165, 1.54) is 13.2 Å². The van der Waals surface area contributed by atoms with E-state index in [-0.39, 0.29) is 11.8 Å². The van der Waals surface area contributed by atoms with Crippen LogP contribution in [0.1, 0.15) is 5.56 Å². The standard InChI is InChI=1S/C14H13ClN2O3/c1-19-13-8-11(7-12(15)17-13)16-14(18)20-9-10-5-3-2-4-6-10/h2-8H,9H2,1H3,(H,16,17,18). The maximum atomic E-state index is 11.7. The van der Waals surface area contributed by atoms with E-state index in [1.807, 2.05) is 30.3 Å². The summed E-state index contributed by atoms with van der Waals surface area (Å²) in [6.45, 7) is 0.197. The van der Waals surface area contributed by atoms with Gasteiger partial charge in [-0.3, -0.25) is 5.32 Å². The van der Waals surface area contributed by atoms with Crippen molar-refractivity contribution in [3.63, 3.8) is 0 Å². The van der Waals surface area contributed by atoms with Gasteiger partial charge in [0.05, 0.1) is 12.8 Å². The second-order valence-corrected chi connectivity index (χ2v) is 4.29. The Labute approximate surface area is 121 Å². The summed E-state index contributed by atoms with van der Waals surface area (Å²) in [6, 6.07) is 12.5. The predicted molar refractivity (Wildman–Crippen MR) is 76.0 cm³/mol. The van der Waals surface area contributed by atoms with Gasteiger partial charge in [0.25, 0.3) is 0 Å². The number of ether oxygens (including phenoxy) is 2. The third-order valence-electron chi connectivity index (χ3n) is 2.44. The number of nitrogens with one attached hydrogen (secondary N) is 1. The van der Waals surface area contributed by atoms with Crippen molar-refractivity contribution in [1.29, 1.82) is 0 Å².